The number of benzene rings is 4. The van der Waals surface area contributed by atoms with Gasteiger partial charge in [0.1, 0.15) is 23.0 Å². The molecule has 0 amide bonds. The van der Waals surface area contributed by atoms with E-state index in [0.29, 0.717) is 0 Å². The first-order valence-corrected chi connectivity index (χ1v) is 11.3. The van der Waals surface area contributed by atoms with Gasteiger partial charge in [-0.15, -0.1) is 0 Å². The highest BCUT2D eigenvalue weighted by molar-refractivity contribution is 7.99. The second kappa shape index (κ2) is 10.4. The molecule has 0 bridgehead atoms. The van der Waals surface area contributed by atoms with E-state index < -0.39 is 0 Å². The van der Waals surface area contributed by atoms with E-state index in [0.717, 1.165) is 55.0 Å². The van der Waals surface area contributed by atoms with Gasteiger partial charge >= 0.3 is 0 Å². The van der Waals surface area contributed by atoms with Crippen molar-refractivity contribution >= 4 is 11.8 Å². The van der Waals surface area contributed by atoms with Gasteiger partial charge in [-0.05, 0) is 58.7 Å². The quantitative estimate of drug-likeness (QED) is 0.279. The third-order valence-corrected chi connectivity index (χ3v) is 6.47. The summed E-state index contributed by atoms with van der Waals surface area (Å²) >= 11 is 1.72. The number of rotatable bonds is 8. The SMILES string of the molecule is COc1cc(OC)cc(-c2ccccc2Sc2ccccc2-c2cc(OC)cc(OC)c2)c1. The summed E-state index contributed by atoms with van der Waals surface area (Å²) in [5, 5.41) is 0. The molecule has 4 nitrogen and oxygen atoms in total. The Labute approximate surface area is 199 Å². The van der Waals surface area contributed by atoms with Gasteiger partial charge in [-0.3, -0.25) is 0 Å². The summed E-state index contributed by atoms with van der Waals surface area (Å²) in [6.07, 6.45) is 0. The molecule has 0 aliphatic heterocycles. The third-order valence-electron chi connectivity index (χ3n) is 5.32. The predicted molar refractivity (Wildman–Crippen MR) is 134 cm³/mol. The molecule has 0 heterocycles. The molecular formula is C28H26O4S. The van der Waals surface area contributed by atoms with Crippen LogP contribution in [0.4, 0.5) is 0 Å². The van der Waals surface area contributed by atoms with E-state index in [4.69, 9.17) is 18.9 Å². The van der Waals surface area contributed by atoms with Crippen molar-refractivity contribution in [3.05, 3.63) is 84.9 Å². The van der Waals surface area contributed by atoms with Crippen LogP contribution < -0.4 is 18.9 Å². The van der Waals surface area contributed by atoms with Gasteiger partial charge in [0.2, 0.25) is 0 Å². The maximum absolute atomic E-state index is 5.49. The van der Waals surface area contributed by atoms with E-state index in [2.05, 4.69) is 36.4 Å². The van der Waals surface area contributed by atoms with Crippen LogP contribution in [0.1, 0.15) is 0 Å². The number of methoxy groups -OCH3 is 4. The van der Waals surface area contributed by atoms with E-state index >= 15 is 0 Å². The zero-order valence-electron chi connectivity index (χ0n) is 19.1. The van der Waals surface area contributed by atoms with E-state index in [1.807, 2.05) is 48.5 Å². The summed E-state index contributed by atoms with van der Waals surface area (Å²) < 4.78 is 21.9. The summed E-state index contributed by atoms with van der Waals surface area (Å²) in [5.74, 6) is 3.03. The molecule has 5 heteroatoms. The zero-order chi connectivity index (χ0) is 23.2. The first kappa shape index (κ1) is 22.6. The molecule has 0 aliphatic carbocycles. The molecular weight excluding hydrogens is 432 g/mol. The third kappa shape index (κ3) is 5.10. The molecule has 0 N–H and O–H groups in total. The minimum atomic E-state index is 0.757. The highest BCUT2D eigenvalue weighted by atomic mass is 32.2. The van der Waals surface area contributed by atoms with Gasteiger partial charge in [0.25, 0.3) is 0 Å². The number of hydrogen-bond acceptors (Lipinski definition) is 5. The smallest absolute Gasteiger partial charge is 0.123 e. The van der Waals surface area contributed by atoms with Gasteiger partial charge in [-0.25, -0.2) is 0 Å². The topological polar surface area (TPSA) is 36.9 Å². The molecule has 0 spiro atoms. The van der Waals surface area contributed by atoms with Crippen LogP contribution in [-0.2, 0) is 0 Å². The van der Waals surface area contributed by atoms with E-state index in [9.17, 15) is 0 Å². The van der Waals surface area contributed by atoms with Crippen molar-refractivity contribution in [3.8, 4) is 45.3 Å². The van der Waals surface area contributed by atoms with Crippen LogP contribution in [0.15, 0.2) is 94.7 Å². The lowest BCUT2D eigenvalue weighted by atomic mass is 10.0. The standard InChI is InChI=1S/C28H26O4S/c1-29-21-13-19(14-22(17-21)30-2)25-9-5-7-11-27(25)33-28-12-8-6-10-26(28)20-15-23(31-3)18-24(16-20)32-4/h5-18H,1-4H3. The fourth-order valence-electron chi connectivity index (χ4n) is 3.63. The molecule has 0 unspecified atom stereocenters. The van der Waals surface area contributed by atoms with Crippen molar-refractivity contribution in [2.24, 2.45) is 0 Å². The lowest BCUT2D eigenvalue weighted by molar-refractivity contribution is 0.394. The summed E-state index contributed by atoms with van der Waals surface area (Å²) in [6, 6.07) is 28.6. The van der Waals surface area contributed by atoms with Crippen LogP contribution in [0.5, 0.6) is 23.0 Å². The molecule has 0 aliphatic rings. The molecule has 0 fully saturated rings. The predicted octanol–water partition coefficient (Wildman–Crippen LogP) is 7.21. The monoisotopic (exact) mass is 458 g/mol. The Balaban J connectivity index is 1.78. The van der Waals surface area contributed by atoms with Gasteiger partial charge < -0.3 is 18.9 Å². The van der Waals surface area contributed by atoms with Crippen molar-refractivity contribution in [3.63, 3.8) is 0 Å². The molecule has 0 aromatic heterocycles. The Bertz CT molecular complexity index is 1110. The normalized spacial score (nSPS) is 10.5. The maximum Gasteiger partial charge on any atom is 0.123 e. The molecule has 0 saturated heterocycles. The second-order valence-corrected chi connectivity index (χ2v) is 8.38. The minimum absolute atomic E-state index is 0.757. The Kier molecular flexibility index (Phi) is 7.10. The van der Waals surface area contributed by atoms with Gasteiger partial charge in [0, 0.05) is 21.9 Å². The van der Waals surface area contributed by atoms with Crippen LogP contribution in [0.3, 0.4) is 0 Å². The van der Waals surface area contributed by atoms with Crippen molar-refractivity contribution in [1.82, 2.24) is 0 Å². The van der Waals surface area contributed by atoms with E-state index in [-0.39, 0.29) is 0 Å². The molecule has 4 aromatic carbocycles. The highest BCUT2D eigenvalue weighted by Crippen LogP contribution is 2.42. The fraction of sp³-hybridized carbons (Fsp3) is 0.143. The van der Waals surface area contributed by atoms with Crippen LogP contribution in [0.2, 0.25) is 0 Å². The molecule has 0 atom stereocenters. The second-order valence-electron chi connectivity index (χ2n) is 7.30. The molecule has 0 saturated carbocycles. The first-order valence-electron chi connectivity index (χ1n) is 10.5. The average molecular weight is 459 g/mol. The highest BCUT2D eigenvalue weighted by Gasteiger charge is 2.13. The molecule has 4 aromatic rings. The van der Waals surface area contributed by atoms with E-state index in [1.165, 1.54) is 0 Å². The molecule has 33 heavy (non-hydrogen) atoms. The van der Waals surface area contributed by atoms with Crippen molar-refractivity contribution < 1.29 is 18.9 Å². The van der Waals surface area contributed by atoms with E-state index in [1.54, 1.807) is 40.2 Å². The number of hydrogen-bond donors (Lipinski definition) is 0. The average Bonchev–Trinajstić information content (AvgIpc) is 2.88. The molecule has 4 rings (SSSR count). The Morgan fingerprint density at radius 1 is 0.455 bits per heavy atom. The minimum Gasteiger partial charge on any atom is -0.497 e. The molecule has 168 valence electrons. The zero-order valence-corrected chi connectivity index (χ0v) is 19.9. The van der Waals surface area contributed by atoms with Crippen molar-refractivity contribution in [1.29, 1.82) is 0 Å². The van der Waals surface area contributed by atoms with Crippen LogP contribution in [-0.4, -0.2) is 28.4 Å². The number of ether oxygens (including phenoxy) is 4. The van der Waals surface area contributed by atoms with Gasteiger partial charge in [-0.2, -0.15) is 0 Å². The first-order chi connectivity index (χ1) is 16.1. The summed E-state index contributed by atoms with van der Waals surface area (Å²) in [7, 11) is 6.66. The van der Waals surface area contributed by atoms with Gasteiger partial charge in [0.15, 0.2) is 0 Å². The van der Waals surface area contributed by atoms with Gasteiger partial charge in [0.05, 0.1) is 28.4 Å². The molecule has 0 radical (unpaired) electrons. The largest absolute Gasteiger partial charge is 0.497 e. The Morgan fingerprint density at radius 3 is 1.12 bits per heavy atom. The van der Waals surface area contributed by atoms with Crippen LogP contribution in [0.25, 0.3) is 22.3 Å². The summed E-state index contributed by atoms with van der Waals surface area (Å²) in [5.41, 5.74) is 4.29. The Hall–Kier alpha value is -3.57. The lowest BCUT2D eigenvalue weighted by Gasteiger charge is -2.15. The fourth-order valence-corrected chi connectivity index (χ4v) is 4.75. The Morgan fingerprint density at radius 2 is 0.788 bits per heavy atom. The summed E-state index contributed by atoms with van der Waals surface area (Å²) in [4.78, 5) is 2.27. The van der Waals surface area contributed by atoms with Crippen LogP contribution >= 0.6 is 11.8 Å². The maximum atomic E-state index is 5.49. The lowest BCUT2D eigenvalue weighted by Crippen LogP contribution is -1.91. The van der Waals surface area contributed by atoms with Crippen molar-refractivity contribution in [2.45, 2.75) is 9.79 Å². The van der Waals surface area contributed by atoms with Crippen molar-refractivity contribution in [2.75, 3.05) is 28.4 Å². The summed E-state index contributed by atoms with van der Waals surface area (Å²) in [6.45, 7) is 0. The van der Waals surface area contributed by atoms with Gasteiger partial charge in [-0.1, -0.05) is 48.2 Å². The van der Waals surface area contributed by atoms with Crippen LogP contribution in [0, 0.1) is 0 Å².